The Morgan fingerprint density at radius 1 is 1.40 bits per heavy atom. The highest BCUT2D eigenvalue weighted by atomic mass is 16.5. The molecule has 1 rings (SSSR count). The Morgan fingerprint density at radius 3 is 2.60 bits per heavy atom. The van der Waals surface area contributed by atoms with Gasteiger partial charge < -0.3 is 15.0 Å². The minimum atomic E-state index is 0.0276. The maximum absolute atomic E-state index is 11.6. The van der Waals surface area contributed by atoms with Crippen molar-refractivity contribution in [2.45, 2.75) is 52.4 Å². The van der Waals surface area contributed by atoms with Gasteiger partial charge in [-0.15, -0.1) is 0 Å². The predicted molar refractivity (Wildman–Crippen MR) is 59.9 cm³/mol. The van der Waals surface area contributed by atoms with Crippen molar-refractivity contribution in [2.24, 2.45) is 0 Å². The van der Waals surface area contributed by atoms with Crippen molar-refractivity contribution in [3.05, 3.63) is 0 Å². The molecule has 88 valence electrons. The van der Waals surface area contributed by atoms with Crippen molar-refractivity contribution in [3.63, 3.8) is 0 Å². The van der Waals surface area contributed by atoms with Crippen LogP contribution in [0.4, 0.5) is 4.79 Å². The fourth-order valence-electron chi connectivity index (χ4n) is 1.75. The Hall–Kier alpha value is -0.770. The summed E-state index contributed by atoms with van der Waals surface area (Å²) in [7, 11) is 0. The van der Waals surface area contributed by atoms with E-state index in [1.807, 2.05) is 32.6 Å². The maximum atomic E-state index is 11.6. The van der Waals surface area contributed by atoms with E-state index < -0.39 is 0 Å². The number of nitrogens with zero attached hydrogens (tertiary/aromatic N) is 1. The number of amides is 2. The summed E-state index contributed by atoms with van der Waals surface area (Å²) in [6.07, 6.45) is 1.40. The Labute approximate surface area is 92.0 Å². The molecule has 15 heavy (non-hydrogen) atoms. The maximum Gasteiger partial charge on any atom is 0.317 e. The number of ether oxygens (including phenoxy) is 1. The number of nitrogens with one attached hydrogen (secondary N) is 1. The molecule has 4 heteroatoms. The van der Waals surface area contributed by atoms with Crippen molar-refractivity contribution in [1.29, 1.82) is 0 Å². The van der Waals surface area contributed by atoms with E-state index in [1.54, 1.807) is 0 Å². The summed E-state index contributed by atoms with van der Waals surface area (Å²) in [6, 6.07) is 0.224. The van der Waals surface area contributed by atoms with Crippen molar-refractivity contribution < 1.29 is 9.53 Å². The fraction of sp³-hybridized carbons (Fsp3) is 0.909. The topological polar surface area (TPSA) is 41.6 Å². The molecular formula is C11H22N2O2. The molecule has 0 radical (unpaired) electrons. The molecule has 0 aromatic carbocycles. The SMILES string of the molecule is CC(C)NC(=O)N1CCC(OC(C)C)C1. The number of carbonyl (C=O) groups is 1. The van der Waals surface area contributed by atoms with Crippen LogP contribution in [0.2, 0.25) is 0 Å². The summed E-state index contributed by atoms with van der Waals surface area (Å²) < 4.78 is 5.67. The first-order chi connectivity index (χ1) is 6.99. The monoisotopic (exact) mass is 214 g/mol. The number of hydrogen-bond donors (Lipinski definition) is 1. The van der Waals surface area contributed by atoms with Gasteiger partial charge in [0.2, 0.25) is 0 Å². The highest BCUT2D eigenvalue weighted by Crippen LogP contribution is 2.14. The van der Waals surface area contributed by atoms with E-state index in [4.69, 9.17) is 4.74 Å². The van der Waals surface area contributed by atoms with Gasteiger partial charge in [-0.05, 0) is 34.1 Å². The largest absolute Gasteiger partial charge is 0.374 e. The van der Waals surface area contributed by atoms with Gasteiger partial charge in [0, 0.05) is 19.1 Å². The number of carbonyl (C=O) groups excluding carboxylic acids is 1. The van der Waals surface area contributed by atoms with E-state index in [1.165, 1.54) is 0 Å². The zero-order chi connectivity index (χ0) is 11.4. The summed E-state index contributed by atoms with van der Waals surface area (Å²) in [5, 5.41) is 2.89. The molecule has 4 nitrogen and oxygen atoms in total. The average Bonchev–Trinajstić information content (AvgIpc) is 2.50. The van der Waals surface area contributed by atoms with Crippen molar-refractivity contribution in [3.8, 4) is 0 Å². The molecule has 1 N–H and O–H groups in total. The van der Waals surface area contributed by atoms with Crippen LogP contribution in [0.3, 0.4) is 0 Å². The number of urea groups is 1. The zero-order valence-electron chi connectivity index (χ0n) is 10.1. The third-order valence-electron chi connectivity index (χ3n) is 2.31. The van der Waals surface area contributed by atoms with E-state index in [0.29, 0.717) is 0 Å². The minimum Gasteiger partial charge on any atom is -0.374 e. The number of likely N-dealkylation sites (tertiary alicyclic amines) is 1. The first-order valence-electron chi connectivity index (χ1n) is 5.70. The van der Waals surface area contributed by atoms with Crippen LogP contribution < -0.4 is 5.32 Å². The Balaban J connectivity index is 2.32. The minimum absolute atomic E-state index is 0.0276. The first-order valence-corrected chi connectivity index (χ1v) is 5.70. The zero-order valence-corrected chi connectivity index (χ0v) is 10.1. The van der Waals surface area contributed by atoms with Crippen LogP contribution in [0.5, 0.6) is 0 Å². The first kappa shape index (κ1) is 12.3. The predicted octanol–water partition coefficient (Wildman–Crippen LogP) is 1.60. The van der Waals surface area contributed by atoms with Crippen LogP contribution in [0.25, 0.3) is 0 Å². The fourth-order valence-corrected chi connectivity index (χ4v) is 1.75. The molecule has 0 aromatic heterocycles. The van der Waals surface area contributed by atoms with Gasteiger partial charge >= 0.3 is 6.03 Å². The molecule has 1 heterocycles. The standard InChI is InChI=1S/C11H22N2O2/c1-8(2)12-11(14)13-6-5-10(7-13)15-9(3)4/h8-10H,5-7H2,1-4H3,(H,12,14). The van der Waals surface area contributed by atoms with Crippen LogP contribution in [-0.4, -0.2) is 42.3 Å². The second kappa shape index (κ2) is 5.35. The molecule has 1 unspecified atom stereocenters. The van der Waals surface area contributed by atoms with Gasteiger partial charge in [0.25, 0.3) is 0 Å². The summed E-state index contributed by atoms with van der Waals surface area (Å²) in [6.45, 7) is 9.51. The third kappa shape index (κ3) is 4.08. The molecule has 1 fully saturated rings. The van der Waals surface area contributed by atoms with E-state index >= 15 is 0 Å². The molecule has 0 saturated carbocycles. The Bertz CT molecular complexity index is 217. The third-order valence-corrected chi connectivity index (χ3v) is 2.31. The van der Waals surface area contributed by atoms with Crippen LogP contribution >= 0.6 is 0 Å². The highest BCUT2D eigenvalue weighted by Gasteiger charge is 2.27. The van der Waals surface area contributed by atoms with Gasteiger partial charge in [-0.3, -0.25) is 0 Å². The van der Waals surface area contributed by atoms with Crippen molar-refractivity contribution >= 4 is 6.03 Å². The normalized spacial score (nSPS) is 21.5. The average molecular weight is 214 g/mol. The molecule has 1 aliphatic rings. The molecule has 1 aliphatic heterocycles. The summed E-state index contributed by atoms with van der Waals surface area (Å²) in [5.41, 5.74) is 0. The molecule has 0 aliphatic carbocycles. The van der Waals surface area contributed by atoms with E-state index in [2.05, 4.69) is 5.32 Å². The second-order valence-electron chi connectivity index (χ2n) is 4.65. The highest BCUT2D eigenvalue weighted by molar-refractivity contribution is 5.74. The number of rotatable bonds is 3. The van der Waals surface area contributed by atoms with E-state index in [9.17, 15) is 4.79 Å². The van der Waals surface area contributed by atoms with Crippen molar-refractivity contribution in [2.75, 3.05) is 13.1 Å². The van der Waals surface area contributed by atoms with Gasteiger partial charge in [-0.1, -0.05) is 0 Å². The summed E-state index contributed by atoms with van der Waals surface area (Å²) >= 11 is 0. The Kier molecular flexibility index (Phi) is 4.39. The number of hydrogen-bond acceptors (Lipinski definition) is 2. The lowest BCUT2D eigenvalue weighted by Crippen LogP contribution is -2.42. The quantitative estimate of drug-likeness (QED) is 0.775. The van der Waals surface area contributed by atoms with Crippen LogP contribution in [-0.2, 0) is 4.74 Å². The molecule has 1 saturated heterocycles. The van der Waals surface area contributed by atoms with Gasteiger partial charge in [0.1, 0.15) is 0 Å². The van der Waals surface area contributed by atoms with Gasteiger partial charge in [0.05, 0.1) is 12.2 Å². The van der Waals surface area contributed by atoms with E-state index in [0.717, 1.165) is 19.5 Å². The van der Waals surface area contributed by atoms with Gasteiger partial charge in [-0.25, -0.2) is 4.79 Å². The lowest BCUT2D eigenvalue weighted by Gasteiger charge is -2.19. The second-order valence-corrected chi connectivity index (χ2v) is 4.65. The van der Waals surface area contributed by atoms with Gasteiger partial charge in [0.15, 0.2) is 0 Å². The van der Waals surface area contributed by atoms with Gasteiger partial charge in [-0.2, -0.15) is 0 Å². The van der Waals surface area contributed by atoms with Crippen LogP contribution in [0.1, 0.15) is 34.1 Å². The van der Waals surface area contributed by atoms with Crippen LogP contribution in [0.15, 0.2) is 0 Å². The van der Waals surface area contributed by atoms with Crippen LogP contribution in [0, 0.1) is 0 Å². The lowest BCUT2D eigenvalue weighted by molar-refractivity contribution is 0.0157. The molecule has 2 amide bonds. The summed E-state index contributed by atoms with van der Waals surface area (Å²) in [5.74, 6) is 0. The lowest BCUT2D eigenvalue weighted by atomic mass is 10.3. The molecule has 0 bridgehead atoms. The summed E-state index contributed by atoms with van der Waals surface area (Å²) in [4.78, 5) is 13.5. The molecule has 1 atom stereocenters. The smallest absolute Gasteiger partial charge is 0.317 e. The molecule has 0 spiro atoms. The molecule has 0 aromatic rings. The molecular weight excluding hydrogens is 192 g/mol. The van der Waals surface area contributed by atoms with E-state index in [-0.39, 0.29) is 24.3 Å². The Morgan fingerprint density at radius 2 is 2.07 bits per heavy atom. The van der Waals surface area contributed by atoms with Crippen molar-refractivity contribution in [1.82, 2.24) is 10.2 Å².